The molecule has 0 saturated heterocycles. The topological polar surface area (TPSA) is 72.5 Å². The summed E-state index contributed by atoms with van der Waals surface area (Å²) in [6.07, 6.45) is 0.123. The fraction of sp³-hybridized carbons (Fsp3) is 0.381. The lowest BCUT2D eigenvalue weighted by Crippen LogP contribution is -2.27. The van der Waals surface area contributed by atoms with E-state index in [-0.39, 0.29) is 17.3 Å². The molecular formula is C21H26ClNO4S. The second-order valence-corrected chi connectivity index (χ2v) is 9.80. The fourth-order valence-corrected chi connectivity index (χ4v) is 4.49. The highest BCUT2D eigenvalue weighted by molar-refractivity contribution is 7.89. The average Bonchev–Trinajstić information content (AvgIpc) is 2.55. The molecule has 5 nitrogen and oxygen atoms in total. The molecule has 1 atom stereocenters. The highest BCUT2D eigenvalue weighted by Crippen LogP contribution is 2.25. The first-order chi connectivity index (χ1) is 12.9. The van der Waals surface area contributed by atoms with Crippen LogP contribution in [0.25, 0.3) is 0 Å². The van der Waals surface area contributed by atoms with E-state index < -0.39 is 21.7 Å². The van der Waals surface area contributed by atoms with E-state index >= 15 is 0 Å². The minimum Gasteiger partial charge on any atom is -0.460 e. The molecule has 0 heterocycles. The molecule has 1 N–H and O–H groups in total. The third-order valence-corrected chi connectivity index (χ3v) is 6.15. The van der Waals surface area contributed by atoms with Gasteiger partial charge < -0.3 is 4.74 Å². The molecule has 0 saturated carbocycles. The first kappa shape index (κ1) is 22.4. The molecule has 0 aliphatic heterocycles. The van der Waals surface area contributed by atoms with Gasteiger partial charge in [-0.05, 0) is 63.4 Å². The molecule has 28 heavy (non-hydrogen) atoms. The Morgan fingerprint density at radius 1 is 1.18 bits per heavy atom. The lowest BCUT2D eigenvalue weighted by molar-refractivity contribution is -0.153. The number of carbonyl (C=O) groups is 1. The maximum Gasteiger partial charge on any atom is 0.310 e. The zero-order valence-electron chi connectivity index (χ0n) is 16.7. The largest absolute Gasteiger partial charge is 0.460 e. The second kappa shape index (κ2) is 8.64. The van der Waals surface area contributed by atoms with Crippen molar-refractivity contribution < 1.29 is 17.9 Å². The Morgan fingerprint density at radius 2 is 1.82 bits per heavy atom. The van der Waals surface area contributed by atoms with Gasteiger partial charge in [-0.15, -0.1) is 0 Å². The Kier molecular flexibility index (Phi) is 6.91. The van der Waals surface area contributed by atoms with Crippen molar-refractivity contribution in [1.29, 1.82) is 0 Å². The van der Waals surface area contributed by atoms with Crippen molar-refractivity contribution in [2.75, 3.05) is 0 Å². The van der Waals surface area contributed by atoms with E-state index in [1.165, 1.54) is 6.07 Å². The molecule has 0 amide bonds. The Bertz CT molecular complexity index is 965. The summed E-state index contributed by atoms with van der Waals surface area (Å²) in [6, 6.07) is 11.5. The van der Waals surface area contributed by atoms with Gasteiger partial charge in [-0.3, -0.25) is 4.79 Å². The van der Waals surface area contributed by atoms with Crippen LogP contribution >= 0.6 is 11.6 Å². The van der Waals surface area contributed by atoms with Crippen LogP contribution in [-0.2, 0) is 26.0 Å². The molecule has 0 aliphatic carbocycles. The van der Waals surface area contributed by atoms with Crippen LogP contribution in [0.3, 0.4) is 0 Å². The van der Waals surface area contributed by atoms with E-state index in [9.17, 15) is 13.2 Å². The number of hydrogen-bond acceptors (Lipinski definition) is 4. The number of ether oxygens (including phenoxy) is 1. The quantitative estimate of drug-likeness (QED) is 0.690. The zero-order valence-corrected chi connectivity index (χ0v) is 18.3. The minimum absolute atomic E-state index is 0.123. The van der Waals surface area contributed by atoms with E-state index in [1.54, 1.807) is 32.0 Å². The van der Waals surface area contributed by atoms with Gasteiger partial charge in [-0.1, -0.05) is 41.9 Å². The molecule has 152 valence electrons. The molecule has 0 radical (unpaired) electrons. The summed E-state index contributed by atoms with van der Waals surface area (Å²) in [4.78, 5) is 12.2. The van der Waals surface area contributed by atoms with Crippen LogP contribution in [0.1, 0.15) is 50.4 Å². The van der Waals surface area contributed by atoms with E-state index in [0.29, 0.717) is 10.6 Å². The maximum atomic E-state index is 12.8. The Hall–Kier alpha value is -1.89. The van der Waals surface area contributed by atoms with E-state index in [0.717, 1.165) is 11.1 Å². The van der Waals surface area contributed by atoms with Crippen LogP contribution in [0, 0.1) is 6.92 Å². The second-order valence-electron chi connectivity index (χ2n) is 7.71. The summed E-state index contributed by atoms with van der Waals surface area (Å²) in [5, 5.41) is 0.398. The molecule has 0 unspecified atom stereocenters. The standard InChI is InChI=1S/C21H26ClNO4S/c1-14-18(22)10-7-11-19(14)28(25,26)23-15(2)17-9-6-8-16(12-17)13-20(24)27-21(3,4)5/h6-12,15,23H,13H2,1-5H3/t15-/m0/s1. The van der Waals surface area contributed by atoms with Gasteiger partial charge in [-0.2, -0.15) is 0 Å². The zero-order chi connectivity index (χ0) is 21.1. The van der Waals surface area contributed by atoms with Crippen LogP contribution in [0.4, 0.5) is 0 Å². The molecular weight excluding hydrogens is 398 g/mol. The smallest absolute Gasteiger partial charge is 0.310 e. The molecule has 0 aliphatic rings. The van der Waals surface area contributed by atoms with Gasteiger partial charge in [0.2, 0.25) is 10.0 Å². The number of benzene rings is 2. The molecule has 2 aromatic rings. The van der Waals surface area contributed by atoms with Crippen molar-refractivity contribution in [3.8, 4) is 0 Å². The van der Waals surface area contributed by atoms with Gasteiger partial charge in [0.25, 0.3) is 0 Å². The normalized spacial score (nSPS) is 13.2. The number of nitrogens with one attached hydrogen (secondary N) is 1. The molecule has 0 spiro atoms. The van der Waals surface area contributed by atoms with E-state index in [2.05, 4.69) is 4.72 Å². The predicted octanol–water partition coefficient (Wildman–Crippen LogP) is 4.57. The number of rotatable bonds is 6. The third-order valence-electron chi connectivity index (χ3n) is 4.06. The molecule has 2 rings (SSSR count). The molecule has 0 fully saturated rings. The number of halogens is 1. The Balaban J connectivity index is 2.17. The summed E-state index contributed by atoms with van der Waals surface area (Å²) in [7, 11) is -3.75. The number of hydrogen-bond donors (Lipinski definition) is 1. The number of carbonyl (C=O) groups excluding carboxylic acids is 1. The van der Waals surface area contributed by atoms with E-state index in [1.807, 2.05) is 39.0 Å². The van der Waals surface area contributed by atoms with Crippen molar-refractivity contribution in [2.24, 2.45) is 0 Å². The van der Waals surface area contributed by atoms with Crippen LogP contribution in [0.2, 0.25) is 5.02 Å². The predicted molar refractivity (Wildman–Crippen MR) is 111 cm³/mol. The van der Waals surface area contributed by atoms with Crippen molar-refractivity contribution in [2.45, 2.75) is 57.6 Å². The maximum absolute atomic E-state index is 12.8. The monoisotopic (exact) mass is 423 g/mol. The van der Waals surface area contributed by atoms with Gasteiger partial charge in [0.15, 0.2) is 0 Å². The first-order valence-electron chi connectivity index (χ1n) is 8.97. The fourth-order valence-electron chi connectivity index (χ4n) is 2.76. The Labute approximate surface area is 172 Å². The summed E-state index contributed by atoms with van der Waals surface area (Å²) in [6.45, 7) is 8.87. The number of esters is 1. The van der Waals surface area contributed by atoms with Crippen LogP contribution in [0.5, 0.6) is 0 Å². The van der Waals surface area contributed by atoms with Crippen LogP contribution < -0.4 is 4.72 Å². The minimum atomic E-state index is -3.75. The first-order valence-corrected chi connectivity index (χ1v) is 10.8. The van der Waals surface area contributed by atoms with Crippen molar-refractivity contribution >= 4 is 27.6 Å². The van der Waals surface area contributed by atoms with Crippen molar-refractivity contribution in [3.05, 3.63) is 64.2 Å². The van der Waals surface area contributed by atoms with E-state index in [4.69, 9.17) is 16.3 Å². The van der Waals surface area contributed by atoms with Crippen molar-refractivity contribution in [3.63, 3.8) is 0 Å². The molecule has 0 bridgehead atoms. The van der Waals surface area contributed by atoms with Crippen LogP contribution in [-0.4, -0.2) is 20.0 Å². The highest BCUT2D eigenvalue weighted by Gasteiger charge is 2.22. The highest BCUT2D eigenvalue weighted by atomic mass is 35.5. The SMILES string of the molecule is Cc1c(Cl)cccc1S(=O)(=O)N[C@@H](C)c1cccc(CC(=O)OC(C)(C)C)c1. The lowest BCUT2D eigenvalue weighted by Gasteiger charge is -2.20. The van der Waals surface area contributed by atoms with Gasteiger partial charge >= 0.3 is 5.97 Å². The average molecular weight is 424 g/mol. The van der Waals surface area contributed by atoms with Gasteiger partial charge in [0.05, 0.1) is 11.3 Å². The van der Waals surface area contributed by atoms with Crippen molar-refractivity contribution in [1.82, 2.24) is 4.72 Å². The molecule has 7 heteroatoms. The molecule has 2 aromatic carbocycles. The Morgan fingerprint density at radius 3 is 2.46 bits per heavy atom. The van der Waals surface area contributed by atoms with Gasteiger partial charge in [-0.25, -0.2) is 13.1 Å². The van der Waals surface area contributed by atoms with Gasteiger partial charge in [0, 0.05) is 11.1 Å². The summed E-state index contributed by atoms with van der Waals surface area (Å²) in [5.41, 5.74) is 1.47. The van der Waals surface area contributed by atoms with Crippen LogP contribution in [0.15, 0.2) is 47.4 Å². The third kappa shape index (κ3) is 6.06. The summed E-state index contributed by atoms with van der Waals surface area (Å²) < 4.78 is 33.5. The van der Waals surface area contributed by atoms with Gasteiger partial charge in [0.1, 0.15) is 5.60 Å². The summed E-state index contributed by atoms with van der Waals surface area (Å²) >= 11 is 6.05. The lowest BCUT2D eigenvalue weighted by atomic mass is 10.0. The molecule has 0 aromatic heterocycles. The summed E-state index contributed by atoms with van der Waals surface area (Å²) in [5.74, 6) is -0.326. The number of sulfonamides is 1.